The molecule has 74 valence electrons. The summed E-state index contributed by atoms with van der Waals surface area (Å²) < 4.78 is 5.16. The van der Waals surface area contributed by atoms with Gasteiger partial charge in [0.15, 0.2) is 0 Å². The molecule has 0 radical (unpaired) electrons. The summed E-state index contributed by atoms with van der Waals surface area (Å²) in [6, 6.07) is 0. The van der Waals surface area contributed by atoms with Crippen molar-refractivity contribution in [2.24, 2.45) is 0 Å². The van der Waals surface area contributed by atoms with E-state index in [1.165, 1.54) is 0 Å². The van der Waals surface area contributed by atoms with Crippen molar-refractivity contribution in [3.8, 4) is 0 Å². The molecule has 0 unspecified atom stereocenters. The molecule has 0 aromatic carbocycles. The summed E-state index contributed by atoms with van der Waals surface area (Å²) in [5.41, 5.74) is 0. The monoisotopic (exact) mass is 175 g/mol. The fraction of sp³-hybridized carbons (Fsp3) is 1.00. The number of nitrogens with one attached hydrogen (secondary N) is 1. The molecule has 0 bridgehead atoms. The maximum absolute atomic E-state index is 9.17. The first kappa shape index (κ1) is 11.9. The first-order valence-corrected chi connectivity index (χ1v) is 4.77. The number of aliphatic hydroxyl groups excluding tert-OH is 1. The molecule has 0 spiro atoms. The van der Waals surface area contributed by atoms with Crippen LogP contribution in [0.1, 0.15) is 26.7 Å². The van der Waals surface area contributed by atoms with Gasteiger partial charge in [-0.25, -0.2) is 0 Å². The highest BCUT2D eigenvalue weighted by Gasteiger charge is 1.97. The lowest BCUT2D eigenvalue weighted by molar-refractivity contribution is 0.140. The number of rotatable bonds is 8. The van der Waals surface area contributed by atoms with Crippen molar-refractivity contribution in [1.82, 2.24) is 5.32 Å². The van der Waals surface area contributed by atoms with Crippen LogP contribution in [0.15, 0.2) is 0 Å². The summed E-state index contributed by atoms with van der Waals surface area (Å²) in [5.74, 6) is 0. The second kappa shape index (κ2) is 8.97. The van der Waals surface area contributed by atoms with Crippen LogP contribution in [0.5, 0.6) is 0 Å². The van der Waals surface area contributed by atoms with Gasteiger partial charge in [0.2, 0.25) is 0 Å². The highest BCUT2D eigenvalue weighted by Crippen LogP contribution is 1.86. The molecule has 0 aromatic rings. The molecule has 0 fully saturated rings. The molecule has 3 heteroatoms. The summed E-state index contributed by atoms with van der Waals surface area (Å²) in [6.07, 6.45) is 1.64. The molecule has 2 N–H and O–H groups in total. The predicted octanol–water partition coefficient (Wildman–Crippen LogP) is 0.773. The molecular weight excluding hydrogens is 154 g/mol. The molecule has 0 heterocycles. The molecule has 3 nitrogen and oxygen atoms in total. The zero-order valence-corrected chi connectivity index (χ0v) is 8.18. The second-order valence-corrected chi connectivity index (χ2v) is 2.82. The Morgan fingerprint density at radius 2 is 2.17 bits per heavy atom. The normalized spacial score (nSPS) is 13.2. The van der Waals surface area contributed by atoms with Crippen molar-refractivity contribution < 1.29 is 9.84 Å². The van der Waals surface area contributed by atoms with Crippen LogP contribution in [-0.4, -0.2) is 37.5 Å². The third kappa shape index (κ3) is 7.98. The Labute approximate surface area is 75.1 Å². The number of hydrogen-bond acceptors (Lipinski definition) is 3. The van der Waals surface area contributed by atoms with Gasteiger partial charge in [0, 0.05) is 19.8 Å². The van der Waals surface area contributed by atoms with E-state index in [9.17, 15) is 0 Å². The Morgan fingerprint density at radius 3 is 2.75 bits per heavy atom. The van der Waals surface area contributed by atoms with Crippen molar-refractivity contribution in [2.75, 3.05) is 26.3 Å². The van der Waals surface area contributed by atoms with Crippen molar-refractivity contribution >= 4 is 0 Å². The van der Waals surface area contributed by atoms with Crippen LogP contribution in [0.2, 0.25) is 0 Å². The lowest BCUT2D eigenvalue weighted by Crippen LogP contribution is -2.27. The van der Waals surface area contributed by atoms with Crippen LogP contribution in [0.3, 0.4) is 0 Å². The average molecular weight is 175 g/mol. The molecule has 0 saturated heterocycles. The van der Waals surface area contributed by atoms with Gasteiger partial charge in [-0.3, -0.25) is 0 Å². The van der Waals surface area contributed by atoms with Gasteiger partial charge in [0.1, 0.15) is 0 Å². The first-order valence-electron chi connectivity index (χ1n) is 4.77. The van der Waals surface area contributed by atoms with E-state index in [4.69, 9.17) is 9.84 Å². The minimum absolute atomic E-state index is 0.197. The van der Waals surface area contributed by atoms with Gasteiger partial charge in [-0.05, 0) is 26.3 Å². The molecule has 0 aliphatic heterocycles. The molecule has 0 aliphatic rings. The average Bonchev–Trinajstić information content (AvgIpc) is 2.10. The Balaban J connectivity index is 2.90. The van der Waals surface area contributed by atoms with E-state index < -0.39 is 0 Å². The number of ether oxygens (including phenoxy) is 1. The number of aliphatic hydroxyl groups is 1. The van der Waals surface area contributed by atoms with E-state index >= 15 is 0 Å². The zero-order valence-electron chi connectivity index (χ0n) is 8.18. The maximum Gasteiger partial charge on any atom is 0.0662 e. The third-order valence-corrected chi connectivity index (χ3v) is 1.70. The topological polar surface area (TPSA) is 41.5 Å². The molecule has 0 amide bonds. The van der Waals surface area contributed by atoms with Crippen molar-refractivity contribution in [1.29, 1.82) is 0 Å². The van der Waals surface area contributed by atoms with Crippen LogP contribution in [0.4, 0.5) is 0 Å². The van der Waals surface area contributed by atoms with Crippen LogP contribution < -0.4 is 5.32 Å². The summed E-state index contributed by atoms with van der Waals surface area (Å²) in [4.78, 5) is 0. The van der Waals surface area contributed by atoms with Crippen molar-refractivity contribution in [3.05, 3.63) is 0 Å². The third-order valence-electron chi connectivity index (χ3n) is 1.70. The van der Waals surface area contributed by atoms with E-state index in [0.717, 1.165) is 32.6 Å². The standard InChI is InChI=1S/C9H21NO2/c1-3-9(11)8-10-6-5-7-12-4-2/h9-11H,3-8H2,1-2H3/t9-/m1/s1. The summed E-state index contributed by atoms with van der Waals surface area (Å²) in [6.45, 7) is 7.20. The van der Waals surface area contributed by atoms with E-state index in [2.05, 4.69) is 5.32 Å². The molecular formula is C9H21NO2. The molecule has 0 aliphatic carbocycles. The Morgan fingerprint density at radius 1 is 1.42 bits per heavy atom. The minimum atomic E-state index is -0.197. The minimum Gasteiger partial charge on any atom is -0.392 e. The summed E-state index contributed by atoms with van der Waals surface area (Å²) in [5, 5.41) is 12.3. The SMILES string of the molecule is CCOCCCNC[C@H](O)CC. The van der Waals surface area contributed by atoms with Crippen molar-refractivity contribution in [3.63, 3.8) is 0 Å². The highest BCUT2D eigenvalue weighted by molar-refractivity contribution is 4.56. The van der Waals surface area contributed by atoms with E-state index in [1.807, 2.05) is 13.8 Å². The van der Waals surface area contributed by atoms with Gasteiger partial charge >= 0.3 is 0 Å². The molecule has 1 atom stereocenters. The fourth-order valence-electron chi connectivity index (χ4n) is 0.857. The smallest absolute Gasteiger partial charge is 0.0662 e. The summed E-state index contributed by atoms with van der Waals surface area (Å²) >= 11 is 0. The Kier molecular flexibility index (Phi) is 8.88. The molecule has 0 aromatic heterocycles. The first-order chi connectivity index (χ1) is 5.81. The largest absolute Gasteiger partial charge is 0.392 e. The number of hydrogen-bond donors (Lipinski definition) is 2. The molecule has 12 heavy (non-hydrogen) atoms. The van der Waals surface area contributed by atoms with Gasteiger partial charge in [0.05, 0.1) is 6.10 Å². The van der Waals surface area contributed by atoms with Crippen molar-refractivity contribution in [2.45, 2.75) is 32.8 Å². The Hall–Kier alpha value is -0.120. The lowest BCUT2D eigenvalue weighted by atomic mass is 10.3. The van der Waals surface area contributed by atoms with E-state index in [0.29, 0.717) is 6.54 Å². The maximum atomic E-state index is 9.17. The fourth-order valence-corrected chi connectivity index (χ4v) is 0.857. The van der Waals surface area contributed by atoms with E-state index in [1.54, 1.807) is 0 Å². The Bertz CT molecular complexity index is 88.6. The predicted molar refractivity (Wildman–Crippen MR) is 50.3 cm³/mol. The molecule has 0 saturated carbocycles. The van der Waals surface area contributed by atoms with Crippen LogP contribution in [0, 0.1) is 0 Å². The zero-order chi connectivity index (χ0) is 9.23. The van der Waals surface area contributed by atoms with Crippen LogP contribution in [-0.2, 0) is 4.74 Å². The summed E-state index contributed by atoms with van der Waals surface area (Å²) in [7, 11) is 0. The van der Waals surface area contributed by atoms with Gasteiger partial charge in [-0.2, -0.15) is 0 Å². The van der Waals surface area contributed by atoms with Crippen LogP contribution in [0.25, 0.3) is 0 Å². The van der Waals surface area contributed by atoms with Gasteiger partial charge < -0.3 is 15.2 Å². The van der Waals surface area contributed by atoms with Gasteiger partial charge in [-0.1, -0.05) is 6.92 Å². The second-order valence-electron chi connectivity index (χ2n) is 2.82. The van der Waals surface area contributed by atoms with Crippen LogP contribution >= 0.6 is 0 Å². The highest BCUT2D eigenvalue weighted by atomic mass is 16.5. The molecule has 0 rings (SSSR count). The quantitative estimate of drug-likeness (QED) is 0.535. The van der Waals surface area contributed by atoms with E-state index in [-0.39, 0.29) is 6.10 Å². The van der Waals surface area contributed by atoms with Gasteiger partial charge in [0.25, 0.3) is 0 Å². The van der Waals surface area contributed by atoms with Gasteiger partial charge in [-0.15, -0.1) is 0 Å². The lowest BCUT2D eigenvalue weighted by Gasteiger charge is -2.08.